The number of fused-ring (bicyclic) bond motifs is 2. The Morgan fingerprint density at radius 1 is 1.12 bits per heavy atom. The minimum atomic E-state index is -0.956. The van der Waals surface area contributed by atoms with Crippen LogP contribution in [-0.2, 0) is 5.60 Å². The first-order chi connectivity index (χ1) is 16.5. The summed E-state index contributed by atoms with van der Waals surface area (Å²) in [4.78, 5) is 9.68. The number of likely N-dealkylation sites (tertiary alicyclic amines) is 1. The number of piperidine rings is 1. The molecule has 2 aromatic carbocycles. The number of nitrogens with one attached hydrogen (secondary N) is 1. The number of hydrogen-bond acceptors (Lipinski definition) is 6. The molecule has 1 fully saturated rings. The van der Waals surface area contributed by atoms with E-state index in [1.165, 1.54) is 0 Å². The van der Waals surface area contributed by atoms with Gasteiger partial charge in [0.25, 0.3) is 0 Å². The number of aliphatic hydroxyl groups is 2. The topological polar surface area (TPSA) is 90.8 Å². The van der Waals surface area contributed by atoms with E-state index in [9.17, 15) is 10.2 Å². The summed E-state index contributed by atoms with van der Waals surface area (Å²) in [6.07, 6.45) is 6.03. The van der Waals surface area contributed by atoms with E-state index in [-0.39, 0.29) is 0 Å². The van der Waals surface area contributed by atoms with Crippen LogP contribution in [0.4, 0.5) is 0 Å². The summed E-state index contributed by atoms with van der Waals surface area (Å²) in [6, 6.07) is 11.7. The highest BCUT2D eigenvalue weighted by Crippen LogP contribution is 2.38. The summed E-state index contributed by atoms with van der Waals surface area (Å²) >= 11 is 6.35. The Bertz CT molecular complexity index is 1290. The summed E-state index contributed by atoms with van der Waals surface area (Å²) in [5.74, 6) is 1.12. The molecule has 2 aromatic heterocycles. The third-order valence-electron chi connectivity index (χ3n) is 6.75. The average Bonchev–Trinajstić information content (AvgIpc) is 3.27. The largest absolute Gasteiger partial charge is 0.495 e. The summed E-state index contributed by atoms with van der Waals surface area (Å²) < 4.78 is 11.0. The van der Waals surface area contributed by atoms with Gasteiger partial charge in [0.05, 0.1) is 18.2 Å². The second kappa shape index (κ2) is 9.43. The van der Waals surface area contributed by atoms with E-state index in [1.807, 2.05) is 36.5 Å². The molecule has 5 rings (SSSR count). The SMILES string of the molecule is COc1ccc2c(OC(O)CCN3CCC(O)(c4cncc5ccccc45)CC3)c[nH]c2c1Cl. The van der Waals surface area contributed by atoms with Crippen molar-refractivity contribution in [1.82, 2.24) is 14.9 Å². The van der Waals surface area contributed by atoms with Crippen LogP contribution in [0.3, 0.4) is 0 Å². The molecular formula is C26H28ClN3O4. The van der Waals surface area contributed by atoms with E-state index in [0.717, 1.165) is 34.8 Å². The highest BCUT2D eigenvalue weighted by atomic mass is 35.5. The van der Waals surface area contributed by atoms with Crippen molar-refractivity contribution in [2.24, 2.45) is 0 Å². The molecule has 1 saturated heterocycles. The number of methoxy groups -OCH3 is 1. The van der Waals surface area contributed by atoms with Gasteiger partial charge < -0.3 is 29.6 Å². The quantitative estimate of drug-likeness (QED) is 0.338. The third kappa shape index (κ3) is 4.32. The Kier molecular flexibility index (Phi) is 6.36. The molecule has 7 nitrogen and oxygen atoms in total. The second-order valence-electron chi connectivity index (χ2n) is 8.80. The van der Waals surface area contributed by atoms with Crippen molar-refractivity contribution in [3.05, 3.63) is 65.6 Å². The van der Waals surface area contributed by atoms with Crippen molar-refractivity contribution in [3.8, 4) is 11.5 Å². The minimum Gasteiger partial charge on any atom is -0.495 e. The maximum Gasteiger partial charge on any atom is 0.198 e. The van der Waals surface area contributed by atoms with Crippen molar-refractivity contribution >= 4 is 33.3 Å². The number of halogens is 1. The Morgan fingerprint density at radius 3 is 2.71 bits per heavy atom. The molecule has 1 aliphatic heterocycles. The van der Waals surface area contributed by atoms with E-state index >= 15 is 0 Å². The zero-order valence-electron chi connectivity index (χ0n) is 19.0. The number of aliphatic hydroxyl groups excluding tert-OH is 1. The number of benzene rings is 2. The fourth-order valence-corrected chi connectivity index (χ4v) is 5.07. The molecular weight excluding hydrogens is 454 g/mol. The third-order valence-corrected chi connectivity index (χ3v) is 7.12. The van der Waals surface area contributed by atoms with Crippen LogP contribution in [0, 0.1) is 0 Å². The van der Waals surface area contributed by atoms with Crippen LogP contribution in [0.15, 0.2) is 55.0 Å². The Balaban J connectivity index is 1.18. The molecule has 0 radical (unpaired) electrons. The van der Waals surface area contributed by atoms with Gasteiger partial charge in [0, 0.05) is 61.0 Å². The van der Waals surface area contributed by atoms with Crippen LogP contribution in [-0.4, -0.2) is 58.1 Å². The lowest BCUT2D eigenvalue weighted by Gasteiger charge is -2.39. The van der Waals surface area contributed by atoms with Gasteiger partial charge in [0.1, 0.15) is 16.5 Å². The fourth-order valence-electron chi connectivity index (χ4n) is 4.78. The monoisotopic (exact) mass is 481 g/mol. The van der Waals surface area contributed by atoms with Gasteiger partial charge in [0.15, 0.2) is 6.29 Å². The van der Waals surface area contributed by atoms with Gasteiger partial charge in [0.2, 0.25) is 0 Å². The van der Waals surface area contributed by atoms with Crippen LogP contribution in [0.2, 0.25) is 5.02 Å². The molecule has 178 valence electrons. The first-order valence-corrected chi connectivity index (χ1v) is 11.8. The second-order valence-corrected chi connectivity index (χ2v) is 9.18. The predicted molar refractivity (Wildman–Crippen MR) is 132 cm³/mol. The lowest BCUT2D eigenvalue weighted by molar-refractivity contribution is -0.0467. The number of ether oxygens (including phenoxy) is 2. The Labute approximate surface area is 202 Å². The smallest absolute Gasteiger partial charge is 0.198 e. The summed E-state index contributed by atoms with van der Waals surface area (Å²) in [7, 11) is 1.57. The van der Waals surface area contributed by atoms with E-state index in [4.69, 9.17) is 21.1 Å². The van der Waals surface area contributed by atoms with Crippen LogP contribution in [0.1, 0.15) is 24.8 Å². The van der Waals surface area contributed by atoms with Gasteiger partial charge in [-0.25, -0.2) is 0 Å². The molecule has 3 heterocycles. The van der Waals surface area contributed by atoms with Crippen molar-refractivity contribution in [3.63, 3.8) is 0 Å². The molecule has 4 aromatic rings. The lowest BCUT2D eigenvalue weighted by atomic mass is 9.83. The van der Waals surface area contributed by atoms with E-state index in [0.29, 0.717) is 47.8 Å². The van der Waals surface area contributed by atoms with Gasteiger partial charge in [-0.2, -0.15) is 0 Å². The van der Waals surface area contributed by atoms with Gasteiger partial charge in [-0.05, 0) is 30.4 Å². The molecule has 0 bridgehead atoms. The zero-order chi connectivity index (χ0) is 23.7. The van der Waals surface area contributed by atoms with Gasteiger partial charge in [-0.1, -0.05) is 35.9 Å². The number of aromatic amines is 1. The number of H-pyrrole nitrogens is 1. The lowest BCUT2D eigenvalue weighted by Crippen LogP contribution is -2.43. The number of pyridine rings is 1. The summed E-state index contributed by atoms with van der Waals surface area (Å²) in [6.45, 7) is 2.13. The molecule has 1 atom stereocenters. The standard InChI is InChI=1S/C26H28ClN3O4/c1-33-21-7-6-19-22(16-29-25(19)24(21)27)34-23(31)8-11-30-12-9-26(32,10-13-30)20-15-28-14-17-4-2-3-5-18(17)20/h2-7,14-16,23,29,31-32H,8-13H2,1H3. The maximum atomic E-state index is 11.4. The van der Waals surface area contributed by atoms with Crippen molar-refractivity contribution in [2.45, 2.75) is 31.2 Å². The maximum absolute atomic E-state index is 11.4. The van der Waals surface area contributed by atoms with Crippen molar-refractivity contribution < 1.29 is 19.7 Å². The van der Waals surface area contributed by atoms with Crippen LogP contribution < -0.4 is 9.47 Å². The highest BCUT2D eigenvalue weighted by molar-refractivity contribution is 6.36. The van der Waals surface area contributed by atoms with Crippen molar-refractivity contribution in [2.75, 3.05) is 26.7 Å². The van der Waals surface area contributed by atoms with Crippen LogP contribution >= 0.6 is 11.6 Å². The molecule has 0 aliphatic carbocycles. The van der Waals surface area contributed by atoms with Gasteiger partial charge in [-0.3, -0.25) is 4.98 Å². The molecule has 34 heavy (non-hydrogen) atoms. The van der Waals surface area contributed by atoms with E-state index < -0.39 is 11.9 Å². The Morgan fingerprint density at radius 2 is 1.91 bits per heavy atom. The predicted octanol–water partition coefficient (Wildman–Crippen LogP) is 4.45. The molecule has 0 saturated carbocycles. The summed E-state index contributed by atoms with van der Waals surface area (Å²) in [5, 5.41) is 25.3. The minimum absolute atomic E-state index is 0.449. The Hall–Kier alpha value is -2.84. The number of rotatable bonds is 7. The van der Waals surface area contributed by atoms with Gasteiger partial charge in [-0.15, -0.1) is 0 Å². The van der Waals surface area contributed by atoms with Gasteiger partial charge >= 0.3 is 0 Å². The number of aromatic nitrogens is 2. The van der Waals surface area contributed by atoms with E-state index in [1.54, 1.807) is 25.6 Å². The normalized spacial score (nSPS) is 17.2. The molecule has 0 amide bonds. The fraction of sp³-hybridized carbons (Fsp3) is 0.346. The van der Waals surface area contributed by atoms with Crippen LogP contribution in [0.25, 0.3) is 21.7 Å². The molecule has 0 spiro atoms. The van der Waals surface area contributed by atoms with Crippen LogP contribution in [0.5, 0.6) is 11.5 Å². The number of hydrogen-bond donors (Lipinski definition) is 3. The highest BCUT2D eigenvalue weighted by Gasteiger charge is 2.35. The van der Waals surface area contributed by atoms with Crippen molar-refractivity contribution in [1.29, 1.82) is 0 Å². The molecule has 8 heteroatoms. The van der Waals surface area contributed by atoms with E-state index in [2.05, 4.69) is 14.9 Å². The summed E-state index contributed by atoms with van der Waals surface area (Å²) in [5.41, 5.74) is 0.703. The number of nitrogens with zero attached hydrogens (tertiary/aromatic N) is 2. The molecule has 1 aliphatic rings. The zero-order valence-corrected chi connectivity index (χ0v) is 19.8. The molecule has 3 N–H and O–H groups in total. The average molecular weight is 482 g/mol. The first-order valence-electron chi connectivity index (χ1n) is 11.4. The molecule has 1 unspecified atom stereocenters. The first kappa shape index (κ1) is 22.9.